The lowest BCUT2D eigenvalue weighted by Gasteiger charge is -2.18. The average molecular weight is 237 g/mol. The van der Waals surface area contributed by atoms with E-state index in [0.29, 0.717) is 26.2 Å². The number of nitrogens with zero attached hydrogens (tertiary/aromatic N) is 1. The van der Waals surface area contributed by atoms with Gasteiger partial charge in [-0.05, 0) is 19.4 Å². The van der Waals surface area contributed by atoms with Crippen molar-refractivity contribution >= 4 is 10.2 Å². The molecule has 0 fully saturated rings. The molecule has 0 saturated carbocycles. The Morgan fingerprint density at radius 1 is 1.13 bits per heavy atom. The van der Waals surface area contributed by atoms with Gasteiger partial charge in [0.1, 0.15) is 0 Å². The summed E-state index contributed by atoms with van der Waals surface area (Å²) in [6.07, 6.45) is 2.77. The van der Waals surface area contributed by atoms with Gasteiger partial charge in [-0.1, -0.05) is 20.3 Å². The summed E-state index contributed by atoms with van der Waals surface area (Å²) in [5.41, 5.74) is 5.34. The number of nitrogens with one attached hydrogen (secondary N) is 1. The number of hydrogen-bond donors (Lipinski definition) is 2. The van der Waals surface area contributed by atoms with Crippen molar-refractivity contribution in [3.63, 3.8) is 0 Å². The molecular weight excluding hydrogens is 214 g/mol. The molecule has 0 unspecified atom stereocenters. The molecule has 0 spiro atoms. The third-order valence-electron chi connectivity index (χ3n) is 2.21. The van der Waals surface area contributed by atoms with Crippen molar-refractivity contribution in [3.05, 3.63) is 0 Å². The van der Waals surface area contributed by atoms with Gasteiger partial charge in [0.15, 0.2) is 0 Å². The van der Waals surface area contributed by atoms with Gasteiger partial charge in [0, 0.05) is 19.6 Å². The Kier molecular flexibility index (Phi) is 7.95. The maximum absolute atomic E-state index is 11.6. The fraction of sp³-hybridized carbons (Fsp3) is 1.00. The van der Waals surface area contributed by atoms with Gasteiger partial charge in [-0.3, -0.25) is 0 Å². The summed E-state index contributed by atoms with van der Waals surface area (Å²) in [7, 11) is -3.26. The van der Waals surface area contributed by atoms with E-state index in [1.807, 2.05) is 13.8 Å². The predicted octanol–water partition coefficient (Wildman–Crippen LogP) is 0.292. The van der Waals surface area contributed by atoms with Crippen molar-refractivity contribution in [1.82, 2.24) is 9.03 Å². The smallest absolute Gasteiger partial charge is 0.279 e. The molecule has 0 atom stereocenters. The van der Waals surface area contributed by atoms with E-state index < -0.39 is 10.2 Å². The molecular formula is C9H23N3O2S. The van der Waals surface area contributed by atoms with Crippen LogP contribution in [0.15, 0.2) is 0 Å². The zero-order chi connectivity index (χ0) is 11.7. The molecule has 0 amide bonds. The third kappa shape index (κ3) is 6.09. The Balaban J connectivity index is 3.83. The maximum Gasteiger partial charge on any atom is 0.279 e. The van der Waals surface area contributed by atoms with Crippen LogP contribution in [0.4, 0.5) is 0 Å². The lowest BCUT2D eigenvalue weighted by Crippen LogP contribution is -2.40. The van der Waals surface area contributed by atoms with E-state index in [1.165, 1.54) is 4.31 Å². The Bertz CT molecular complexity index is 238. The van der Waals surface area contributed by atoms with Crippen LogP contribution in [-0.2, 0) is 10.2 Å². The van der Waals surface area contributed by atoms with Crippen molar-refractivity contribution in [1.29, 1.82) is 0 Å². The molecule has 0 aliphatic heterocycles. The summed E-state index contributed by atoms with van der Waals surface area (Å²) in [4.78, 5) is 0. The van der Waals surface area contributed by atoms with Crippen LogP contribution in [0.2, 0.25) is 0 Å². The van der Waals surface area contributed by atoms with E-state index in [1.54, 1.807) is 0 Å². The van der Waals surface area contributed by atoms with E-state index >= 15 is 0 Å². The first-order valence-electron chi connectivity index (χ1n) is 5.53. The molecule has 0 aliphatic rings. The van der Waals surface area contributed by atoms with Crippen molar-refractivity contribution in [2.24, 2.45) is 5.73 Å². The summed E-state index contributed by atoms with van der Waals surface area (Å²) < 4.78 is 27.2. The van der Waals surface area contributed by atoms with Gasteiger partial charge < -0.3 is 5.73 Å². The van der Waals surface area contributed by atoms with E-state index in [2.05, 4.69) is 4.72 Å². The highest BCUT2D eigenvalue weighted by molar-refractivity contribution is 7.87. The van der Waals surface area contributed by atoms with E-state index in [-0.39, 0.29) is 0 Å². The normalized spacial score (nSPS) is 12.3. The summed E-state index contributed by atoms with van der Waals surface area (Å²) >= 11 is 0. The zero-order valence-corrected chi connectivity index (χ0v) is 10.5. The first kappa shape index (κ1) is 14.8. The van der Waals surface area contributed by atoms with E-state index in [9.17, 15) is 8.42 Å². The number of nitrogens with two attached hydrogens (primary N) is 1. The second-order valence-corrected chi connectivity index (χ2v) is 5.09. The number of rotatable bonds is 9. The fourth-order valence-electron chi connectivity index (χ4n) is 1.30. The maximum atomic E-state index is 11.6. The minimum Gasteiger partial charge on any atom is -0.330 e. The molecule has 5 nitrogen and oxygen atoms in total. The minimum absolute atomic E-state index is 0.499. The third-order valence-corrected chi connectivity index (χ3v) is 3.98. The quantitative estimate of drug-likeness (QED) is 0.566. The molecule has 92 valence electrons. The van der Waals surface area contributed by atoms with Gasteiger partial charge in [-0.2, -0.15) is 12.7 Å². The van der Waals surface area contributed by atoms with Crippen LogP contribution in [0.25, 0.3) is 0 Å². The molecule has 0 saturated heterocycles. The first-order chi connectivity index (χ1) is 7.08. The van der Waals surface area contributed by atoms with Gasteiger partial charge >= 0.3 is 0 Å². The minimum atomic E-state index is -3.26. The predicted molar refractivity (Wildman–Crippen MR) is 62.7 cm³/mol. The lowest BCUT2D eigenvalue weighted by atomic mass is 10.2. The number of unbranched alkanes of at least 4 members (excludes halogenated alkanes) is 2. The zero-order valence-electron chi connectivity index (χ0n) is 9.70. The molecule has 0 bridgehead atoms. The van der Waals surface area contributed by atoms with Crippen LogP contribution in [0, 0.1) is 0 Å². The standard InChI is InChI=1S/C9H23N3O2S/c1-3-12(4-2)15(13,14)11-9-7-5-6-8-10/h11H,3-10H2,1-2H3. The van der Waals surface area contributed by atoms with Crippen LogP contribution in [0.1, 0.15) is 33.1 Å². The molecule has 0 aromatic carbocycles. The number of hydrogen-bond acceptors (Lipinski definition) is 3. The van der Waals surface area contributed by atoms with Crippen LogP contribution >= 0.6 is 0 Å². The van der Waals surface area contributed by atoms with Crippen molar-refractivity contribution < 1.29 is 8.42 Å². The van der Waals surface area contributed by atoms with Crippen LogP contribution in [0.5, 0.6) is 0 Å². The Labute approximate surface area is 93.2 Å². The first-order valence-corrected chi connectivity index (χ1v) is 6.97. The van der Waals surface area contributed by atoms with Crippen LogP contribution in [0.3, 0.4) is 0 Å². The highest BCUT2D eigenvalue weighted by Crippen LogP contribution is 1.98. The lowest BCUT2D eigenvalue weighted by molar-refractivity contribution is 0.434. The molecule has 0 aliphatic carbocycles. The molecule has 0 radical (unpaired) electrons. The highest BCUT2D eigenvalue weighted by Gasteiger charge is 2.16. The average Bonchev–Trinajstić information content (AvgIpc) is 2.18. The molecule has 6 heteroatoms. The molecule has 0 aromatic rings. The molecule has 3 N–H and O–H groups in total. The van der Waals surface area contributed by atoms with Gasteiger partial charge in [0.05, 0.1) is 0 Å². The summed E-state index contributed by atoms with van der Waals surface area (Å²) in [6.45, 7) is 5.85. The van der Waals surface area contributed by atoms with Crippen LogP contribution < -0.4 is 10.5 Å². The van der Waals surface area contributed by atoms with Gasteiger partial charge in [0.25, 0.3) is 10.2 Å². The summed E-state index contributed by atoms with van der Waals surface area (Å²) in [5, 5.41) is 0. The highest BCUT2D eigenvalue weighted by atomic mass is 32.2. The monoisotopic (exact) mass is 237 g/mol. The molecule has 0 rings (SSSR count). The molecule has 0 heterocycles. The molecule has 0 aromatic heterocycles. The van der Waals surface area contributed by atoms with E-state index in [4.69, 9.17) is 5.73 Å². The SMILES string of the molecule is CCN(CC)S(=O)(=O)NCCCCCN. The molecule has 15 heavy (non-hydrogen) atoms. The largest absolute Gasteiger partial charge is 0.330 e. The van der Waals surface area contributed by atoms with Crippen molar-refractivity contribution in [2.75, 3.05) is 26.2 Å². The summed E-state index contributed by atoms with van der Waals surface area (Å²) in [6, 6.07) is 0. The van der Waals surface area contributed by atoms with Crippen LogP contribution in [-0.4, -0.2) is 38.9 Å². The second-order valence-electron chi connectivity index (χ2n) is 3.33. The topological polar surface area (TPSA) is 75.4 Å². The van der Waals surface area contributed by atoms with Gasteiger partial charge in [0.2, 0.25) is 0 Å². The van der Waals surface area contributed by atoms with Gasteiger partial charge in [-0.15, -0.1) is 0 Å². The van der Waals surface area contributed by atoms with E-state index in [0.717, 1.165) is 19.3 Å². The fourth-order valence-corrected chi connectivity index (χ4v) is 2.57. The Morgan fingerprint density at radius 3 is 2.20 bits per heavy atom. The Morgan fingerprint density at radius 2 is 1.73 bits per heavy atom. The second kappa shape index (κ2) is 8.04. The van der Waals surface area contributed by atoms with Crippen molar-refractivity contribution in [2.45, 2.75) is 33.1 Å². The van der Waals surface area contributed by atoms with Gasteiger partial charge in [-0.25, -0.2) is 4.72 Å². The summed E-state index contributed by atoms with van der Waals surface area (Å²) in [5.74, 6) is 0. The van der Waals surface area contributed by atoms with Crippen molar-refractivity contribution in [3.8, 4) is 0 Å². The Hall–Kier alpha value is -0.170.